The van der Waals surface area contributed by atoms with Crippen LogP contribution < -0.4 is 15.1 Å². The van der Waals surface area contributed by atoms with E-state index < -0.39 is 5.97 Å². The summed E-state index contributed by atoms with van der Waals surface area (Å²) in [5.74, 6) is -0.979. The van der Waals surface area contributed by atoms with Crippen LogP contribution in [0.2, 0.25) is 0 Å². The van der Waals surface area contributed by atoms with E-state index in [0.717, 1.165) is 18.8 Å². The van der Waals surface area contributed by atoms with Gasteiger partial charge in [-0.25, -0.2) is 4.79 Å². The Hall–Kier alpha value is -3.35. The minimum Gasteiger partial charge on any atom is -0.465 e. The van der Waals surface area contributed by atoms with Crippen molar-refractivity contribution in [3.63, 3.8) is 0 Å². The predicted octanol–water partition coefficient (Wildman–Crippen LogP) is 3.07. The Kier molecular flexibility index (Phi) is 6.49. The molecule has 0 aliphatic carbocycles. The first-order chi connectivity index (χ1) is 14.0. The van der Waals surface area contributed by atoms with Crippen LogP contribution in [0.3, 0.4) is 0 Å². The van der Waals surface area contributed by atoms with Gasteiger partial charge < -0.3 is 19.9 Å². The van der Waals surface area contributed by atoms with E-state index in [9.17, 15) is 14.4 Å². The van der Waals surface area contributed by atoms with E-state index in [1.807, 2.05) is 24.3 Å². The minimum absolute atomic E-state index is 0.100. The molecular weight excluding hydrogens is 370 g/mol. The molecule has 0 saturated carbocycles. The Balaban J connectivity index is 1.64. The summed E-state index contributed by atoms with van der Waals surface area (Å²) < 4.78 is 4.65. The van der Waals surface area contributed by atoms with Crippen molar-refractivity contribution in [2.45, 2.75) is 19.8 Å². The number of rotatable bonds is 6. The van der Waals surface area contributed by atoms with Gasteiger partial charge in [-0.1, -0.05) is 0 Å². The maximum absolute atomic E-state index is 12.4. The number of anilines is 3. The van der Waals surface area contributed by atoms with Crippen LogP contribution in [0, 0.1) is 0 Å². The molecule has 2 aromatic carbocycles. The number of ether oxygens (including phenoxy) is 1. The van der Waals surface area contributed by atoms with Crippen molar-refractivity contribution in [1.29, 1.82) is 0 Å². The van der Waals surface area contributed by atoms with E-state index in [0.29, 0.717) is 16.9 Å². The molecule has 1 N–H and O–H groups in total. The van der Waals surface area contributed by atoms with Crippen LogP contribution in [0.5, 0.6) is 0 Å². The Morgan fingerprint density at radius 3 is 2.17 bits per heavy atom. The fraction of sp³-hybridized carbons (Fsp3) is 0.318. The van der Waals surface area contributed by atoms with E-state index in [2.05, 4.69) is 15.0 Å². The lowest BCUT2D eigenvalue weighted by atomic mass is 10.2. The summed E-state index contributed by atoms with van der Waals surface area (Å²) in [5, 5.41) is 2.74. The first kappa shape index (κ1) is 20.4. The van der Waals surface area contributed by atoms with Crippen LogP contribution in [0.15, 0.2) is 48.5 Å². The summed E-state index contributed by atoms with van der Waals surface area (Å²) >= 11 is 0. The first-order valence-corrected chi connectivity index (χ1v) is 9.59. The fourth-order valence-corrected chi connectivity index (χ4v) is 3.35. The molecular formula is C22H25N3O4. The lowest BCUT2D eigenvalue weighted by molar-refractivity contribution is -0.120. The van der Waals surface area contributed by atoms with Gasteiger partial charge in [-0.15, -0.1) is 0 Å². The van der Waals surface area contributed by atoms with Gasteiger partial charge in [-0.3, -0.25) is 9.59 Å². The molecule has 1 aliphatic rings. The molecule has 0 spiro atoms. The fourth-order valence-electron chi connectivity index (χ4n) is 3.35. The standard InChI is InChI=1S/C22H25N3O4/c1-16(26)25(20-11-9-19(10-12-20)24-13-3-4-14-24)15-21(27)23-18-7-5-17(6-8-18)22(28)29-2/h5-12H,3-4,13-15H2,1-2H3,(H,23,27). The Morgan fingerprint density at radius 2 is 1.62 bits per heavy atom. The zero-order valence-corrected chi connectivity index (χ0v) is 16.7. The zero-order chi connectivity index (χ0) is 20.8. The maximum atomic E-state index is 12.4. The highest BCUT2D eigenvalue weighted by atomic mass is 16.5. The van der Waals surface area contributed by atoms with Crippen molar-refractivity contribution in [1.82, 2.24) is 0 Å². The topological polar surface area (TPSA) is 79.0 Å². The van der Waals surface area contributed by atoms with E-state index in [4.69, 9.17) is 0 Å². The lowest BCUT2D eigenvalue weighted by Gasteiger charge is -2.23. The Bertz CT molecular complexity index is 872. The lowest BCUT2D eigenvalue weighted by Crippen LogP contribution is -2.36. The first-order valence-electron chi connectivity index (χ1n) is 9.59. The summed E-state index contributed by atoms with van der Waals surface area (Å²) in [5.41, 5.74) is 2.74. The molecule has 1 heterocycles. The predicted molar refractivity (Wildman–Crippen MR) is 112 cm³/mol. The number of methoxy groups -OCH3 is 1. The molecule has 0 aromatic heterocycles. The number of benzene rings is 2. The van der Waals surface area contributed by atoms with Crippen LogP contribution >= 0.6 is 0 Å². The molecule has 0 radical (unpaired) electrons. The Labute approximate surface area is 170 Å². The van der Waals surface area contributed by atoms with Crippen molar-refractivity contribution in [2.75, 3.05) is 41.9 Å². The molecule has 152 valence electrons. The average Bonchev–Trinajstić information content (AvgIpc) is 3.27. The highest BCUT2D eigenvalue weighted by Crippen LogP contribution is 2.24. The monoisotopic (exact) mass is 395 g/mol. The molecule has 7 nitrogen and oxygen atoms in total. The number of hydrogen-bond acceptors (Lipinski definition) is 5. The van der Waals surface area contributed by atoms with Crippen LogP contribution in [0.25, 0.3) is 0 Å². The molecule has 3 rings (SSSR count). The second-order valence-electron chi connectivity index (χ2n) is 6.93. The second-order valence-corrected chi connectivity index (χ2v) is 6.93. The number of hydrogen-bond donors (Lipinski definition) is 1. The summed E-state index contributed by atoms with van der Waals surface area (Å²) in [7, 11) is 1.31. The van der Waals surface area contributed by atoms with Crippen molar-refractivity contribution >= 4 is 34.8 Å². The van der Waals surface area contributed by atoms with Gasteiger partial charge >= 0.3 is 5.97 Å². The average molecular weight is 395 g/mol. The minimum atomic E-state index is -0.442. The highest BCUT2D eigenvalue weighted by molar-refractivity contribution is 6.02. The number of carbonyl (C=O) groups excluding carboxylic acids is 3. The molecule has 1 fully saturated rings. The number of nitrogens with zero attached hydrogens (tertiary/aromatic N) is 2. The quantitative estimate of drug-likeness (QED) is 0.761. The number of carbonyl (C=O) groups is 3. The van der Waals surface area contributed by atoms with Crippen LogP contribution in [-0.2, 0) is 14.3 Å². The zero-order valence-electron chi connectivity index (χ0n) is 16.7. The normalized spacial score (nSPS) is 13.1. The van der Waals surface area contributed by atoms with Gasteiger partial charge in [-0.05, 0) is 61.4 Å². The van der Waals surface area contributed by atoms with Crippen molar-refractivity contribution in [2.24, 2.45) is 0 Å². The smallest absolute Gasteiger partial charge is 0.337 e. The van der Waals surface area contributed by atoms with Gasteiger partial charge in [0.05, 0.1) is 12.7 Å². The molecule has 0 bridgehead atoms. The summed E-state index contributed by atoms with van der Waals surface area (Å²) in [4.78, 5) is 39.8. The third-order valence-corrected chi connectivity index (χ3v) is 4.90. The molecule has 2 aromatic rings. The van der Waals surface area contributed by atoms with Crippen LogP contribution in [-0.4, -0.2) is 44.5 Å². The highest BCUT2D eigenvalue weighted by Gasteiger charge is 2.18. The van der Waals surface area contributed by atoms with Gasteiger partial charge in [0.1, 0.15) is 6.54 Å². The van der Waals surface area contributed by atoms with Gasteiger partial charge in [0.25, 0.3) is 0 Å². The number of nitrogens with one attached hydrogen (secondary N) is 1. The molecule has 1 aliphatic heterocycles. The van der Waals surface area contributed by atoms with Crippen molar-refractivity contribution < 1.29 is 19.1 Å². The second kappa shape index (κ2) is 9.23. The van der Waals surface area contributed by atoms with Gasteiger partial charge in [-0.2, -0.15) is 0 Å². The summed E-state index contributed by atoms with van der Waals surface area (Å²) in [6.45, 7) is 3.43. The number of amides is 2. The van der Waals surface area contributed by atoms with Crippen molar-refractivity contribution in [3.8, 4) is 0 Å². The third-order valence-electron chi connectivity index (χ3n) is 4.90. The van der Waals surface area contributed by atoms with E-state index in [1.54, 1.807) is 24.3 Å². The molecule has 1 saturated heterocycles. The molecule has 29 heavy (non-hydrogen) atoms. The molecule has 2 amide bonds. The van der Waals surface area contributed by atoms with E-state index >= 15 is 0 Å². The van der Waals surface area contributed by atoms with Crippen molar-refractivity contribution in [3.05, 3.63) is 54.1 Å². The SMILES string of the molecule is COC(=O)c1ccc(NC(=O)CN(C(C)=O)c2ccc(N3CCCC3)cc2)cc1. The van der Waals surface area contributed by atoms with Crippen LogP contribution in [0.4, 0.5) is 17.1 Å². The number of esters is 1. The van der Waals surface area contributed by atoms with Crippen LogP contribution in [0.1, 0.15) is 30.1 Å². The molecule has 7 heteroatoms. The van der Waals surface area contributed by atoms with E-state index in [-0.39, 0.29) is 18.4 Å². The third kappa shape index (κ3) is 5.13. The van der Waals surface area contributed by atoms with E-state index in [1.165, 1.54) is 31.8 Å². The van der Waals surface area contributed by atoms with Gasteiger partial charge in [0.15, 0.2) is 0 Å². The molecule has 0 atom stereocenters. The molecule has 0 unspecified atom stereocenters. The maximum Gasteiger partial charge on any atom is 0.337 e. The van der Waals surface area contributed by atoms with Gasteiger partial charge in [0.2, 0.25) is 11.8 Å². The summed E-state index contributed by atoms with van der Waals surface area (Å²) in [6.07, 6.45) is 2.39. The summed E-state index contributed by atoms with van der Waals surface area (Å²) in [6, 6.07) is 14.1. The Morgan fingerprint density at radius 1 is 1.00 bits per heavy atom. The largest absolute Gasteiger partial charge is 0.465 e. The van der Waals surface area contributed by atoms with Gasteiger partial charge in [0, 0.05) is 37.1 Å².